The van der Waals surface area contributed by atoms with E-state index in [4.69, 9.17) is 5.11 Å². The molecule has 13 heavy (non-hydrogen) atoms. The number of aromatic nitrogens is 2. The van der Waals surface area contributed by atoms with Crippen molar-refractivity contribution in [3.05, 3.63) is 36.2 Å². The molecule has 0 saturated carbocycles. The van der Waals surface area contributed by atoms with E-state index in [0.717, 1.165) is 11.4 Å². The second-order valence-corrected chi connectivity index (χ2v) is 2.67. The van der Waals surface area contributed by atoms with E-state index in [1.165, 1.54) is 0 Å². The Hall–Kier alpha value is -1.97. The molecule has 2 heterocycles. The summed E-state index contributed by atoms with van der Waals surface area (Å²) in [4.78, 5) is 16.3. The highest BCUT2D eigenvalue weighted by atomic mass is 16.4. The Morgan fingerprint density at radius 1 is 1.23 bits per heavy atom. The number of hydrogen-bond acceptors (Lipinski definition) is 1. The summed E-state index contributed by atoms with van der Waals surface area (Å²) in [6.45, 7) is 0. The van der Waals surface area contributed by atoms with Gasteiger partial charge in [0, 0.05) is 6.20 Å². The Morgan fingerprint density at radius 2 is 2.08 bits per heavy atom. The minimum atomic E-state index is -0.946. The van der Waals surface area contributed by atoms with Crippen LogP contribution in [0, 0.1) is 0 Å². The minimum absolute atomic E-state index is 0.199. The maximum atomic E-state index is 10.5. The molecule has 2 rings (SSSR count). The lowest BCUT2D eigenvalue weighted by atomic mass is 10.3. The summed E-state index contributed by atoms with van der Waals surface area (Å²) in [6, 6.07) is 7.00. The molecule has 0 fully saturated rings. The number of H-pyrrole nitrogens is 2. The number of carboxylic acids is 1. The van der Waals surface area contributed by atoms with Crippen molar-refractivity contribution in [2.24, 2.45) is 0 Å². The summed E-state index contributed by atoms with van der Waals surface area (Å²) in [7, 11) is 0. The highest BCUT2D eigenvalue weighted by Crippen LogP contribution is 2.15. The van der Waals surface area contributed by atoms with Crippen molar-refractivity contribution in [2.45, 2.75) is 0 Å². The molecule has 66 valence electrons. The molecule has 2 aromatic rings. The molecular formula is C9H8N2O2. The Morgan fingerprint density at radius 3 is 2.62 bits per heavy atom. The van der Waals surface area contributed by atoms with Gasteiger partial charge in [-0.15, -0.1) is 0 Å². The lowest BCUT2D eigenvalue weighted by Crippen LogP contribution is -1.95. The molecule has 4 heteroatoms. The van der Waals surface area contributed by atoms with Crippen LogP contribution in [-0.4, -0.2) is 21.0 Å². The Kier molecular flexibility index (Phi) is 1.66. The molecule has 0 aliphatic heterocycles. The average Bonchev–Trinajstić information content (AvgIpc) is 2.75. The van der Waals surface area contributed by atoms with E-state index in [1.54, 1.807) is 18.3 Å². The molecule has 0 spiro atoms. The minimum Gasteiger partial charge on any atom is -0.477 e. The summed E-state index contributed by atoms with van der Waals surface area (Å²) in [5.41, 5.74) is 1.86. The van der Waals surface area contributed by atoms with Crippen LogP contribution < -0.4 is 0 Å². The molecule has 0 bridgehead atoms. The first-order valence-corrected chi connectivity index (χ1v) is 3.83. The smallest absolute Gasteiger partial charge is 0.352 e. The van der Waals surface area contributed by atoms with Gasteiger partial charge in [0.15, 0.2) is 0 Å². The Balaban J connectivity index is 2.39. The quantitative estimate of drug-likeness (QED) is 0.651. The normalized spacial score (nSPS) is 10.2. The van der Waals surface area contributed by atoms with E-state index in [2.05, 4.69) is 9.97 Å². The number of carbonyl (C=O) groups is 1. The first-order chi connectivity index (χ1) is 6.27. The highest BCUT2D eigenvalue weighted by molar-refractivity contribution is 5.86. The molecular weight excluding hydrogens is 168 g/mol. The van der Waals surface area contributed by atoms with Crippen LogP contribution in [-0.2, 0) is 0 Å². The monoisotopic (exact) mass is 176 g/mol. The van der Waals surface area contributed by atoms with Crippen LogP contribution in [0.4, 0.5) is 0 Å². The van der Waals surface area contributed by atoms with Crippen molar-refractivity contribution in [3.63, 3.8) is 0 Å². The van der Waals surface area contributed by atoms with Crippen molar-refractivity contribution in [2.75, 3.05) is 0 Å². The summed E-state index contributed by atoms with van der Waals surface area (Å²) in [5, 5.41) is 8.65. The molecule has 0 radical (unpaired) electrons. The van der Waals surface area contributed by atoms with Crippen LogP contribution >= 0.6 is 0 Å². The first-order valence-electron chi connectivity index (χ1n) is 3.83. The van der Waals surface area contributed by atoms with Gasteiger partial charge in [-0.3, -0.25) is 0 Å². The second-order valence-electron chi connectivity index (χ2n) is 2.67. The number of carboxylic acid groups (broad SMARTS) is 1. The molecule has 0 amide bonds. The van der Waals surface area contributed by atoms with Crippen LogP contribution in [0.5, 0.6) is 0 Å². The third kappa shape index (κ3) is 1.33. The number of hydrogen-bond donors (Lipinski definition) is 3. The Bertz CT molecular complexity index is 415. The zero-order valence-electron chi connectivity index (χ0n) is 6.74. The van der Waals surface area contributed by atoms with Crippen molar-refractivity contribution in [3.8, 4) is 11.4 Å². The predicted octanol–water partition coefficient (Wildman–Crippen LogP) is 1.71. The molecule has 0 aliphatic carbocycles. The zero-order valence-corrected chi connectivity index (χ0v) is 6.74. The average molecular weight is 176 g/mol. The van der Waals surface area contributed by atoms with Crippen LogP contribution in [0.1, 0.15) is 10.5 Å². The van der Waals surface area contributed by atoms with Gasteiger partial charge < -0.3 is 15.1 Å². The maximum absolute atomic E-state index is 10.5. The van der Waals surface area contributed by atoms with Gasteiger partial charge in [0.2, 0.25) is 0 Å². The number of rotatable bonds is 2. The lowest BCUT2D eigenvalue weighted by Gasteiger charge is -1.91. The van der Waals surface area contributed by atoms with E-state index in [-0.39, 0.29) is 5.69 Å². The van der Waals surface area contributed by atoms with Crippen molar-refractivity contribution in [1.29, 1.82) is 0 Å². The van der Waals surface area contributed by atoms with Crippen LogP contribution in [0.2, 0.25) is 0 Å². The largest absolute Gasteiger partial charge is 0.477 e. The van der Waals surface area contributed by atoms with Crippen LogP contribution in [0.3, 0.4) is 0 Å². The van der Waals surface area contributed by atoms with E-state index in [0.29, 0.717) is 0 Å². The second kappa shape index (κ2) is 2.82. The van der Waals surface area contributed by atoms with E-state index in [1.807, 2.05) is 12.1 Å². The number of aromatic amines is 2. The third-order valence-corrected chi connectivity index (χ3v) is 1.80. The molecule has 0 saturated heterocycles. The highest BCUT2D eigenvalue weighted by Gasteiger charge is 2.06. The predicted molar refractivity (Wildman–Crippen MR) is 47.5 cm³/mol. The molecule has 3 N–H and O–H groups in total. The molecule has 0 aliphatic rings. The summed E-state index contributed by atoms with van der Waals surface area (Å²) < 4.78 is 0. The van der Waals surface area contributed by atoms with E-state index < -0.39 is 5.97 Å². The van der Waals surface area contributed by atoms with Crippen LogP contribution in [0.15, 0.2) is 30.5 Å². The van der Waals surface area contributed by atoms with Gasteiger partial charge >= 0.3 is 5.97 Å². The molecule has 0 unspecified atom stereocenters. The van der Waals surface area contributed by atoms with Gasteiger partial charge in [-0.05, 0) is 24.3 Å². The van der Waals surface area contributed by atoms with Crippen molar-refractivity contribution in [1.82, 2.24) is 9.97 Å². The number of aromatic carboxylic acids is 1. The lowest BCUT2D eigenvalue weighted by molar-refractivity contribution is 0.0691. The maximum Gasteiger partial charge on any atom is 0.352 e. The van der Waals surface area contributed by atoms with Crippen molar-refractivity contribution < 1.29 is 9.90 Å². The molecule has 2 aromatic heterocycles. The Labute approximate surface area is 74.2 Å². The van der Waals surface area contributed by atoms with E-state index in [9.17, 15) is 4.79 Å². The van der Waals surface area contributed by atoms with Crippen molar-refractivity contribution >= 4 is 5.97 Å². The topological polar surface area (TPSA) is 68.9 Å². The third-order valence-electron chi connectivity index (χ3n) is 1.80. The van der Waals surface area contributed by atoms with Gasteiger partial charge in [-0.2, -0.15) is 0 Å². The molecule has 4 nitrogen and oxygen atoms in total. The zero-order chi connectivity index (χ0) is 9.26. The molecule has 0 aromatic carbocycles. The molecule has 0 atom stereocenters. The summed E-state index contributed by atoms with van der Waals surface area (Å²) >= 11 is 0. The van der Waals surface area contributed by atoms with Crippen LogP contribution in [0.25, 0.3) is 11.4 Å². The van der Waals surface area contributed by atoms with Gasteiger partial charge in [-0.1, -0.05) is 0 Å². The fourth-order valence-electron chi connectivity index (χ4n) is 1.17. The van der Waals surface area contributed by atoms with Gasteiger partial charge in [-0.25, -0.2) is 4.79 Å². The fourth-order valence-corrected chi connectivity index (χ4v) is 1.17. The van der Waals surface area contributed by atoms with Gasteiger partial charge in [0.1, 0.15) is 5.69 Å². The summed E-state index contributed by atoms with van der Waals surface area (Å²) in [6.07, 6.45) is 1.79. The first kappa shape index (κ1) is 7.67. The van der Waals surface area contributed by atoms with Gasteiger partial charge in [0.25, 0.3) is 0 Å². The standard InChI is InChI=1S/C9H8N2O2/c12-9(13)8-4-3-7(11-8)6-2-1-5-10-6/h1-5,10-11H,(H,12,13). The van der Waals surface area contributed by atoms with Gasteiger partial charge in [0.05, 0.1) is 11.4 Å². The van der Waals surface area contributed by atoms with E-state index >= 15 is 0 Å². The summed E-state index contributed by atoms with van der Waals surface area (Å²) in [5.74, 6) is -0.946. The number of nitrogens with one attached hydrogen (secondary N) is 2. The SMILES string of the molecule is O=C(O)c1ccc(-c2ccc[nH]2)[nH]1. The fraction of sp³-hybridized carbons (Fsp3) is 0.